The highest BCUT2D eigenvalue weighted by Gasteiger charge is 2.18. The molecule has 11 nitrogen and oxygen atoms in total. The van der Waals surface area contributed by atoms with Crippen molar-refractivity contribution in [3.8, 4) is 11.5 Å². The van der Waals surface area contributed by atoms with Gasteiger partial charge >= 0.3 is 0 Å². The van der Waals surface area contributed by atoms with Gasteiger partial charge in [0.2, 0.25) is 0 Å². The molecule has 0 fully saturated rings. The number of carbonyl (C=O) groups excluding carboxylic acids is 1. The fraction of sp³-hybridized carbons (Fsp3) is 0.0690. The Bertz CT molecular complexity index is 1700. The number of amides is 1. The van der Waals surface area contributed by atoms with E-state index in [1.807, 2.05) is 0 Å². The van der Waals surface area contributed by atoms with E-state index in [4.69, 9.17) is 9.47 Å². The quantitative estimate of drug-likeness (QED) is 0.112. The van der Waals surface area contributed by atoms with Gasteiger partial charge in [-0.25, -0.2) is 22.3 Å². The molecule has 0 aromatic heterocycles. The van der Waals surface area contributed by atoms with Crippen LogP contribution in [0, 0.1) is 0 Å². The third kappa shape index (κ3) is 7.26. The molecular formula is C29H27N3O8S2. The SMILES string of the molecule is COc1ccc(S(=O)(=O)Nc2cccc(C(=CC(=O)NO)c3cccc(NS(=O)(=O)c4ccc(OC)cc4)c3)c2)cc1. The van der Waals surface area contributed by atoms with E-state index in [-0.39, 0.29) is 26.7 Å². The summed E-state index contributed by atoms with van der Waals surface area (Å²) in [5, 5.41) is 9.17. The molecule has 0 atom stereocenters. The summed E-state index contributed by atoms with van der Waals surface area (Å²) < 4.78 is 67.1. The van der Waals surface area contributed by atoms with E-state index < -0.39 is 26.0 Å². The number of nitrogens with one attached hydrogen (secondary N) is 3. The van der Waals surface area contributed by atoms with Crippen LogP contribution in [0.4, 0.5) is 11.4 Å². The molecule has 0 radical (unpaired) electrons. The van der Waals surface area contributed by atoms with E-state index in [0.717, 1.165) is 6.08 Å². The first-order valence-corrected chi connectivity index (χ1v) is 15.2. The third-order valence-electron chi connectivity index (χ3n) is 5.98. The number of hydrogen-bond donors (Lipinski definition) is 4. The van der Waals surface area contributed by atoms with Crippen molar-refractivity contribution in [1.82, 2.24) is 5.48 Å². The lowest BCUT2D eigenvalue weighted by molar-refractivity contribution is -0.124. The highest BCUT2D eigenvalue weighted by molar-refractivity contribution is 7.93. The minimum Gasteiger partial charge on any atom is -0.497 e. The van der Waals surface area contributed by atoms with Crippen LogP contribution in [-0.4, -0.2) is 42.2 Å². The van der Waals surface area contributed by atoms with Crippen molar-refractivity contribution < 1.29 is 36.3 Å². The number of benzene rings is 4. The molecule has 13 heteroatoms. The predicted octanol–water partition coefficient (Wildman–Crippen LogP) is 4.24. The molecule has 42 heavy (non-hydrogen) atoms. The normalized spacial score (nSPS) is 11.2. The second kappa shape index (κ2) is 12.8. The van der Waals surface area contributed by atoms with Crippen LogP contribution in [0.5, 0.6) is 11.5 Å². The van der Waals surface area contributed by atoms with E-state index in [2.05, 4.69) is 9.44 Å². The molecule has 0 aliphatic rings. The Morgan fingerprint density at radius 3 is 1.43 bits per heavy atom. The number of carbonyl (C=O) groups is 1. The number of anilines is 2. The highest BCUT2D eigenvalue weighted by atomic mass is 32.2. The van der Waals surface area contributed by atoms with Gasteiger partial charge in [0.05, 0.1) is 24.0 Å². The van der Waals surface area contributed by atoms with Gasteiger partial charge in [0.1, 0.15) is 11.5 Å². The van der Waals surface area contributed by atoms with Gasteiger partial charge in [0.25, 0.3) is 26.0 Å². The summed E-state index contributed by atoms with van der Waals surface area (Å²) in [4.78, 5) is 12.2. The lowest BCUT2D eigenvalue weighted by Crippen LogP contribution is -2.16. The summed E-state index contributed by atoms with van der Waals surface area (Å²) in [6.07, 6.45) is 1.11. The fourth-order valence-corrected chi connectivity index (χ4v) is 6.03. The Hall–Kier alpha value is -4.85. The number of sulfonamides is 2. The zero-order valence-electron chi connectivity index (χ0n) is 22.4. The molecule has 4 aromatic rings. The Kier molecular flexibility index (Phi) is 9.15. The predicted molar refractivity (Wildman–Crippen MR) is 157 cm³/mol. The molecule has 0 aliphatic carbocycles. The topological polar surface area (TPSA) is 160 Å². The van der Waals surface area contributed by atoms with Crippen molar-refractivity contribution in [1.29, 1.82) is 0 Å². The van der Waals surface area contributed by atoms with Crippen LogP contribution in [0.25, 0.3) is 5.57 Å². The van der Waals surface area contributed by atoms with Crippen molar-refractivity contribution in [2.75, 3.05) is 23.7 Å². The summed E-state index contributed by atoms with van der Waals surface area (Å²) in [6, 6.07) is 24.2. The van der Waals surface area contributed by atoms with Gasteiger partial charge in [-0.05, 0) is 89.5 Å². The second-order valence-electron chi connectivity index (χ2n) is 8.76. The van der Waals surface area contributed by atoms with Crippen LogP contribution in [0.15, 0.2) is 113 Å². The lowest BCUT2D eigenvalue weighted by Gasteiger charge is -2.14. The van der Waals surface area contributed by atoms with Crippen molar-refractivity contribution >= 4 is 42.9 Å². The van der Waals surface area contributed by atoms with Crippen LogP contribution in [0.3, 0.4) is 0 Å². The zero-order valence-corrected chi connectivity index (χ0v) is 24.1. The molecule has 218 valence electrons. The van der Waals surface area contributed by atoms with Gasteiger partial charge in [-0.1, -0.05) is 24.3 Å². The van der Waals surface area contributed by atoms with E-state index in [0.29, 0.717) is 22.6 Å². The molecule has 1 amide bonds. The van der Waals surface area contributed by atoms with Crippen molar-refractivity contribution in [2.24, 2.45) is 0 Å². The Balaban J connectivity index is 1.66. The lowest BCUT2D eigenvalue weighted by atomic mass is 9.96. The Morgan fingerprint density at radius 2 is 1.07 bits per heavy atom. The summed E-state index contributed by atoms with van der Waals surface area (Å²) in [5.74, 6) is 0.154. The van der Waals surface area contributed by atoms with E-state index in [9.17, 15) is 26.8 Å². The van der Waals surface area contributed by atoms with Crippen LogP contribution in [0.2, 0.25) is 0 Å². The first-order valence-electron chi connectivity index (χ1n) is 12.2. The molecule has 0 spiro atoms. The van der Waals surface area contributed by atoms with Crippen molar-refractivity contribution in [3.05, 3.63) is 114 Å². The van der Waals surface area contributed by atoms with Crippen molar-refractivity contribution in [3.63, 3.8) is 0 Å². The number of methoxy groups -OCH3 is 2. The monoisotopic (exact) mass is 609 g/mol. The molecule has 0 heterocycles. The average Bonchev–Trinajstić information content (AvgIpc) is 2.99. The van der Waals surface area contributed by atoms with E-state index in [1.165, 1.54) is 87.0 Å². The smallest absolute Gasteiger partial charge is 0.267 e. The van der Waals surface area contributed by atoms with Crippen LogP contribution < -0.4 is 24.4 Å². The maximum Gasteiger partial charge on any atom is 0.267 e. The number of ether oxygens (including phenoxy) is 2. The summed E-state index contributed by atoms with van der Waals surface area (Å²) in [6.45, 7) is 0. The second-order valence-corrected chi connectivity index (χ2v) is 12.1. The minimum absolute atomic E-state index is 0.0148. The van der Waals surface area contributed by atoms with Crippen LogP contribution in [0.1, 0.15) is 11.1 Å². The molecular weight excluding hydrogens is 582 g/mol. The number of hydroxylamine groups is 1. The Labute approximate surface area is 243 Å². The number of hydrogen-bond acceptors (Lipinski definition) is 8. The maximum atomic E-state index is 13.0. The van der Waals surface area contributed by atoms with Gasteiger partial charge in [-0.2, -0.15) is 0 Å². The molecule has 0 saturated carbocycles. The standard InChI is InChI=1S/C29H27N3O8S2/c1-39-24-9-13-26(14-10-24)41(35,36)31-22-7-3-5-20(17-22)28(19-29(33)30-34)21-6-4-8-23(18-21)32-42(37,38)27-15-11-25(40-2)12-16-27/h3-19,31-32,34H,1-2H3,(H,30,33). The van der Waals surface area contributed by atoms with Crippen LogP contribution in [-0.2, 0) is 24.8 Å². The highest BCUT2D eigenvalue weighted by Crippen LogP contribution is 2.29. The largest absolute Gasteiger partial charge is 0.497 e. The molecule has 4 rings (SSSR count). The minimum atomic E-state index is -3.96. The first-order chi connectivity index (χ1) is 20.0. The van der Waals surface area contributed by atoms with Gasteiger partial charge in [-0.15, -0.1) is 0 Å². The van der Waals surface area contributed by atoms with E-state index >= 15 is 0 Å². The maximum absolute atomic E-state index is 13.0. The average molecular weight is 610 g/mol. The zero-order chi connectivity index (χ0) is 30.3. The molecule has 0 aliphatic heterocycles. The van der Waals surface area contributed by atoms with Gasteiger partial charge in [0.15, 0.2) is 0 Å². The fourth-order valence-electron chi connectivity index (χ4n) is 3.94. The van der Waals surface area contributed by atoms with E-state index in [1.54, 1.807) is 29.7 Å². The van der Waals surface area contributed by atoms with Gasteiger partial charge < -0.3 is 9.47 Å². The van der Waals surface area contributed by atoms with Crippen molar-refractivity contribution in [2.45, 2.75) is 9.79 Å². The van der Waals surface area contributed by atoms with Gasteiger partial charge in [0, 0.05) is 17.5 Å². The van der Waals surface area contributed by atoms with Gasteiger partial charge in [-0.3, -0.25) is 19.4 Å². The molecule has 0 bridgehead atoms. The third-order valence-corrected chi connectivity index (χ3v) is 8.77. The Morgan fingerprint density at radius 1 is 0.667 bits per heavy atom. The molecule has 0 unspecified atom stereocenters. The molecule has 0 saturated heterocycles. The molecule has 4 N–H and O–H groups in total. The van der Waals surface area contributed by atoms with Crippen LogP contribution >= 0.6 is 0 Å². The summed E-state index contributed by atoms with van der Waals surface area (Å²) in [7, 11) is -4.97. The number of rotatable bonds is 11. The first kappa shape index (κ1) is 30.1. The summed E-state index contributed by atoms with van der Waals surface area (Å²) >= 11 is 0. The summed E-state index contributed by atoms with van der Waals surface area (Å²) in [5.41, 5.74) is 3.04. The molecule has 4 aromatic carbocycles.